The Morgan fingerprint density at radius 2 is 1.71 bits per heavy atom. The molecule has 11 heteroatoms. The molecule has 0 aliphatic heterocycles. The normalized spacial score (nSPS) is 10.3. The lowest BCUT2D eigenvalue weighted by Crippen LogP contribution is -2.15. The highest BCUT2D eigenvalue weighted by Gasteiger charge is 2.18. The minimum absolute atomic E-state index is 0.0136. The molecule has 0 bridgehead atoms. The molecule has 31 heavy (non-hydrogen) atoms. The van der Waals surface area contributed by atoms with Gasteiger partial charge in [-0.15, -0.1) is 11.8 Å². The van der Waals surface area contributed by atoms with Gasteiger partial charge in [-0.25, -0.2) is 0 Å². The molecule has 3 amide bonds. The van der Waals surface area contributed by atoms with E-state index in [-0.39, 0.29) is 33.6 Å². The van der Waals surface area contributed by atoms with Gasteiger partial charge in [0.15, 0.2) is 5.76 Å². The molecule has 0 radical (unpaired) electrons. The Morgan fingerprint density at radius 3 is 2.29 bits per heavy atom. The van der Waals surface area contributed by atoms with Gasteiger partial charge in [-0.2, -0.15) is 0 Å². The van der Waals surface area contributed by atoms with Crippen molar-refractivity contribution in [2.45, 2.75) is 4.90 Å². The average molecular weight is 440 g/mol. The minimum Gasteiger partial charge on any atom is -0.459 e. The van der Waals surface area contributed by atoms with Crippen molar-refractivity contribution in [2.24, 2.45) is 5.73 Å². The molecule has 1 heterocycles. The van der Waals surface area contributed by atoms with Gasteiger partial charge in [0.25, 0.3) is 11.6 Å². The van der Waals surface area contributed by atoms with Gasteiger partial charge >= 0.3 is 0 Å². The quantitative estimate of drug-likeness (QED) is 0.275. The van der Waals surface area contributed by atoms with E-state index in [0.29, 0.717) is 11.4 Å². The second kappa shape index (κ2) is 9.59. The number of anilines is 2. The van der Waals surface area contributed by atoms with Crippen LogP contribution in [0.25, 0.3) is 0 Å². The Hall–Kier alpha value is -4.12. The van der Waals surface area contributed by atoms with Crippen molar-refractivity contribution in [3.8, 4) is 0 Å². The topological polar surface area (TPSA) is 158 Å². The van der Waals surface area contributed by atoms with Gasteiger partial charge < -0.3 is 20.8 Å². The molecule has 1 aromatic heterocycles. The molecule has 2 aromatic carbocycles. The first-order chi connectivity index (χ1) is 14.8. The van der Waals surface area contributed by atoms with Gasteiger partial charge in [-0.1, -0.05) is 0 Å². The number of nitro benzene ring substituents is 1. The maximum absolute atomic E-state index is 12.2. The van der Waals surface area contributed by atoms with Crippen LogP contribution in [0, 0.1) is 10.1 Å². The lowest BCUT2D eigenvalue weighted by atomic mass is 10.2. The summed E-state index contributed by atoms with van der Waals surface area (Å²) in [5.41, 5.74) is 5.86. The van der Waals surface area contributed by atoms with Gasteiger partial charge in [-0.3, -0.25) is 24.5 Å². The number of benzene rings is 2. The first-order valence-electron chi connectivity index (χ1n) is 8.79. The fraction of sp³-hybridized carbons (Fsp3) is 0.0500. The molecule has 0 unspecified atom stereocenters. The second-order valence-electron chi connectivity index (χ2n) is 6.15. The van der Waals surface area contributed by atoms with Crippen molar-refractivity contribution in [3.05, 3.63) is 82.3 Å². The molecule has 0 aliphatic carbocycles. The molecule has 0 fully saturated rings. The zero-order chi connectivity index (χ0) is 22.4. The van der Waals surface area contributed by atoms with Crippen LogP contribution in [0.2, 0.25) is 0 Å². The number of carbonyl (C=O) groups excluding carboxylic acids is 3. The zero-order valence-corrected chi connectivity index (χ0v) is 16.7. The van der Waals surface area contributed by atoms with E-state index in [0.717, 1.165) is 17.8 Å². The van der Waals surface area contributed by atoms with E-state index >= 15 is 0 Å². The van der Waals surface area contributed by atoms with Crippen molar-refractivity contribution >= 4 is 46.5 Å². The van der Waals surface area contributed by atoms with Crippen molar-refractivity contribution in [3.63, 3.8) is 0 Å². The number of furan rings is 1. The fourth-order valence-electron chi connectivity index (χ4n) is 2.51. The summed E-state index contributed by atoms with van der Waals surface area (Å²) >= 11 is 0.960. The number of nitro groups is 1. The standard InChI is InChI=1S/C20H16N4O6S/c21-19(26)12-3-8-17(15(10-12)24(28)29)31-11-18(25)22-13-4-6-14(7-5-13)23-20(27)16-2-1-9-30-16/h1-10H,11H2,(H2,21,26)(H,22,25)(H,23,27). The summed E-state index contributed by atoms with van der Waals surface area (Å²) in [7, 11) is 0. The average Bonchev–Trinajstić information content (AvgIpc) is 3.28. The minimum atomic E-state index is -0.777. The summed E-state index contributed by atoms with van der Waals surface area (Å²) in [6.45, 7) is 0. The van der Waals surface area contributed by atoms with Crippen LogP contribution < -0.4 is 16.4 Å². The van der Waals surface area contributed by atoms with Gasteiger partial charge in [-0.05, 0) is 48.5 Å². The number of hydrogen-bond donors (Lipinski definition) is 3. The lowest BCUT2D eigenvalue weighted by molar-refractivity contribution is -0.387. The van der Waals surface area contributed by atoms with Crippen LogP contribution in [0.15, 0.2) is 70.2 Å². The molecule has 3 aromatic rings. The summed E-state index contributed by atoms with van der Waals surface area (Å²) in [5.74, 6) is -1.48. The SMILES string of the molecule is NC(=O)c1ccc(SCC(=O)Nc2ccc(NC(=O)c3ccco3)cc2)c([N+](=O)[O-])c1. The van der Waals surface area contributed by atoms with E-state index in [4.69, 9.17) is 10.2 Å². The van der Waals surface area contributed by atoms with E-state index in [2.05, 4.69) is 10.6 Å². The third kappa shape index (κ3) is 5.70. The number of nitrogens with two attached hydrogens (primary N) is 1. The van der Waals surface area contributed by atoms with E-state index in [9.17, 15) is 24.5 Å². The van der Waals surface area contributed by atoms with Gasteiger partial charge in [0.05, 0.1) is 21.8 Å². The number of nitrogens with zero attached hydrogens (tertiary/aromatic N) is 1. The molecule has 0 atom stereocenters. The predicted molar refractivity (Wildman–Crippen MR) is 114 cm³/mol. The summed E-state index contributed by atoms with van der Waals surface area (Å²) < 4.78 is 5.01. The number of nitrogens with one attached hydrogen (secondary N) is 2. The molecule has 0 saturated heterocycles. The highest BCUT2D eigenvalue weighted by Crippen LogP contribution is 2.30. The first-order valence-corrected chi connectivity index (χ1v) is 9.78. The molecule has 0 saturated carbocycles. The van der Waals surface area contributed by atoms with Crippen LogP contribution in [0.4, 0.5) is 17.1 Å². The Bertz CT molecular complexity index is 1130. The van der Waals surface area contributed by atoms with Gasteiger partial charge in [0, 0.05) is 23.0 Å². The number of carbonyl (C=O) groups is 3. The maximum Gasteiger partial charge on any atom is 0.291 e. The molecule has 0 spiro atoms. The maximum atomic E-state index is 12.2. The monoisotopic (exact) mass is 440 g/mol. The Balaban J connectivity index is 1.57. The Labute approximate surface area is 179 Å². The van der Waals surface area contributed by atoms with E-state index in [1.54, 1.807) is 30.3 Å². The van der Waals surface area contributed by atoms with Gasteiger partial charge in [0.2, 0.25) is 11.8 Å². The number of rotatable bonds is 8. The zero-order valence-electron chi connectivity index (χ0n) is 15.9. The molecule has 10 nitrogen and oxygen atoms in total. The molecular weight excluding hydrogens is 424 g/mol. The third-order valence-electron chi connectivity index (χ3n) is 3.97. The molecule has 3 rings (SSSR count). The van der Waals surface area contributed by atoms with Crippen LogP contribution in [0.1, 0.15) is 20.9 Å². The van der Waals surface area contributed by atoms with Crippen LogP contribution in [-0.4, -0.2) is 28.4 Å². The lowest BCUT2D eigenvalue weighted by Gasteiger charge is -2.08. The van der Waals surface area contributed by atoms with Crippen molar-refractivity contribution < 1.29 is 23.7 Å². The highest BCUT2D eigenvalue weighted by atomic mass is 32.2. The van der Waals surface area contributed by atoms with Crippen LogP contribution in [0.5, 0.6) is 0 Å². The number of amides is 3. The summed E-state index contributed by atoms with van der Waals surface area (Å²) in [6, 6.07) is 13.4. The molecular formula is C20H16N4O6S. The summed E-state index contributed by atoms with van der Waals surface area (Å²) in [6.07, 6.45) is 1.40. The second-order valence-corrected chi connectivity index (χ2v) is 7.17. The number of primary amides is 1. The van der Waals surface area contributed by atoms with E-state index in [1.165, 1.54) is 24.5 Å². The summed E-state index contributed by atoms with van der Waals surface area (Å²) in [5, 5.41) is 16.5. The number of thioether (sulfide) groups is 1. The van der Waals surface area contributed by atoms with Crippen LogP contribution in [-0.2, 0) is 4.79 Å². The first kappa shape index (κ1) is 21.6. The van der Waals surface area contributed by atoms with Crippen LogP contribution in [0.3, 0.4) is 0 Å². The highest BCUT2D eigenvalue weighted by molar-refractivity contribution is 8.00. The Morgan fingerprint density at radius 1 is 1.03 bits per heavy atom. The van der Waals surface area contributed by atoms with E-state index < -0.39 is 16.7 Å². The molecule has 158 valence electrons. The Kier molecular flexibility index (Phi) is 6.67. The van der Waals surface area contributed by atoms with Gasteiger partial charge in [0.1, 0.15) is 0 Å². The summed E-state index contributed by atoms with van der Waals surface area (Å²) in [4.78, 5) is 46.2. The van der Waals surface area contributed by atoms with Crippen LogP contribution >= 0.6 is 11.8 Å². The predicted octanol–water partition coefficient (Wildman–Crippen LogP) is 3.27. The number of hydrogen-bond acceptors (Lipinski definition) is 7. The third-order valence-corrected chi connectivity index (χ3v) is 5.03. The van der Waals surface area contributed by atoms with Crippen molar-refractivity contribution in [1.82, 2.24) is 0 Å². The largest absolute Gasteiger partial charge is 0.459 e. The van der Waals surface area contributed by atoms with E-state index in [1.807, 2.05) is 0 Å². The molecule has 4 N–H and O–H groups in total. The smallest absolute Gasteiger partial charge is 0.291 e. The van der Waals surface area contributed by atoms with Crippen molar-refractivity contribution in [1.29, 1.82) is 0 Å². The molecule has 0 aliphatic rings. The fourth-order valence-corrected chi connectivity index (χ4v) is 3.32. The van der Waals surface area contributed by atoms with Crippen molar-refractivity contribution in [2.75, 3.05) is 16.4 Å².